The highest BCUT2D eigenvalue weighted by Crippen LogP contribution is 2.33. The van der Waals surface area contributed by atoms with Gasteiger partial charge < -0.3 is 20.1 Å². The maximum absolute atomic E-state index is 12.3. The minimum atomic E-state index is -0.227. The van der Waals surface area contributed by atoms with Gasteiger partial charge in [0.2, 0.25) is 5.91 Å². The van der Waals surface area contributed by atoms with E-state index >= 15 is 0 Å². The minimum Gasteiger partial charge on any atom is -0.375 e. The van der Waals surface area contributed by atoms with Crippen LogP contribution in [0.2, 0.25) is 0 Å². The number of amides is 1. The molecule has 0 bridgehead atoms. The van der Waals surface area contributed by atoms with Gasteiger partial charge in [-0.15, -0.1) is 0 Å². The summed E-state index contributed by atoms with van der Waals surface area (Å²) in [5.74, 6) is 0.188. The first-order valence-electron chi connectivity index (χ1n) is 7.46. The maximum Gasteiger partial charge on any atom is 0.224 e. The quantitative estimate of drug-likeness (QED) is 0.817. The number of carbonyl (C=O) groups is 1. The van der Waals surface area contributed by atoms with Crippen molar-refractivity contribution in [3.63, 3.8) is 0 Å². The highest BCUT2D eigenvalue weighted by Gasteiger charge is 2.38. The van der Waals surface area contributed by atoms with E-state index in [1.54, 1.807) is 0 Å². The topological polar surface area (TPSA) is 64.8 Å². The van der Waals surface area contributed by atoms with Crippen LogP contribution in [0.1, 0.15) is 38.5 Å². The molecule has 3 aliphatic rings. The molecule has 2 N–H and O–H groups in total. The van der Waals surface area contributed by atoms with Crippen LogP contribution in [-0.4, -0.2) is 54.9 Å². The zero-order valence-electron chi connectivity index (χ0n) is 11.5. The largest absolute Gasteiger partial charge is 0.375 e. The summed E-state index contributed by atoms with van der Waals surface area (Å²) in [6.07, 6.45) is 5.99. The van der Waals surface area contributed by atoms with Crippen LogP contribution in [0, 0.1) is 0 Å². The molecule has 5 heteroatoms. The lowest BCUT2D eigenvalue weighted by Gasteiger charge is -2.41. The summed E-state index contributed by atoms with van der Waals surface area (Å²) in [5, 5.41) is 0. The van der Waals surface area contributed by atoms with Gasteiger partial charge in [0.1, 0.15) is 6.10 Å². The van der Waals surface area contributed by atoms with Crippen molar-refractivity contribution in [3.05, 3.63) is 0 Å². The summed E-state index contributed by atoms with van der Waals surface area (Å²) in [6.45, 7) is 2.80. The van der Waals surface area contributed by atoms with Crippen molar-refractivity contribution in [3.8, 4) is 0 Å². The van der Waals surface area contributed by atoms with E-state index in [1.165, 1.54) is 0 Å². The fourth-order valence-electron chi connectivity index (χ4n) is 3.24. The second kappa shape index (κ2) is 5.38. The van der Waals surface area contributed by atoms with Gasteiger partial charge in [0, 0.05) is 31.7 Å². The molecule has 5 nitrogen and oxygen atoms in total. The van der Waals surface area contributed by atoms with Crippen molar-refractivity contribution in [2.75, 3.05) is 26.3 Å². The Morgan fingerprint density at radius 2 is 2.00 bits per heavy atom. The summed E-state index contributed by atoms with van der Waals surface area (Å²) in [5.41, 5.74) is 5.94. The maximum atomic E-state index is 12.3. The average Bonchev–Trinajstić information content (AvgIpc) is 2.91. The van der Waals surface area contributed by atoms with E-state index in [-0.39, 0.29) is 23.7 Å². The smallest absolute Gasteiger partial charge is 0.224 e. The Labute approximate surface area is 114 Å². The lowest BCUT2D eigenvalue weighted by atomic mass is 9.75. The van der Waals surface area contributed by atoms with Gasteiger partial charge in [-0.3, -0.25) is 4.79 Å². The fourth-order valence-corrected chi connectivity index (χ4v) is 3.24. The molecule has 1 saturated carbocycles. The predicted octanol–water partition coefficient (Wildman–Crippen LogP) is 0.664. The molecule has 2 aliphatic heterocycles. The Hall–Kier alpha value is -0.650. The molecule has 2 saturated heterocycles. The molecular weight excluding hydrogens is 244 g/mol. The number of hydrogen-bond acceptors (Lipinski definition) is 4. The number of hydrogen-bond donors (Lipinski definition) is 1. The lowest BCUT2D eigenvalue weighted by molar-refractivity contribution is -0.146. The van der Waals surface area contributed by atoms with Crippen LogP contribution in [0.4, 0.5) is 0 Å². The first-order valence-corrected chi connectivity index (χ1v) is 7.46. The van der Waals surface area contributed by atoms with Gasteiger partial charge in [0.05, 0.1) is 12.7 Å². The van der Waals surface area contributed by atoms with E-state index in [2.05, 4.69) is 0 Å². The number of nitrogens with zero attached hydrogens (tertiary/aromatic N) is 1. The summed E-state index contributed by atoms with van der Waals surface area (Å²) in [7, 11) is 0. The third-order valence-corrected chi connectivity index (χ3v) is 4.68. The predicted molar refractivity (Wildman–Crippen MR) is 70.7 cm³/mol. The fraction of sp³-hybridized carbons (Fsp3) is 0.929. The zero-order chi connectivity index (χ0) is 13.3. The molecule has 0 aromatic heterocycles. The van der Waals surface area contributed by atoms with Crippen molar-refractivity contribution < 1.29 is 14.3 Å². The van der Waals surface area contributed by atoms with Crippen molar-refractivity contribution in [2.45, 2.75) is 56.3 Å². The molecular formula is C14H24N2O3. The van der Waals surface area contributed by atoms with Gasteiger partial charge >= 0.3 is 0 Å². The second-order valence-corrected chi connectivity index (χ2v) is 6.19. The highest BCUT2D eigenvalue weighted by atomic mass is 16.5. The van der Waals surface area contributed by atoms with Gasteiger partial charge in [0.15, 0.2) is 0 Å². The molecule has 0 aromatic carbocycles. The lowest BCUT2D eigenvalue weighted by Crippen LogP contribution is -2.54. The molecule has 19 heavy (non-hydrogen) atoms. The molecule has 1 amide bonds. The molecule has 108 valence electrons. The Kier molecular flexibility index (Phi) is 3.78. The van der Waals surface area contributed by atoms with E-state index in [0.717, 1.165) is 38.7 Å². The molecule has 3 fully saturated rings. The SMILES string of the molecule is NC1(CC(=O)N2CCO[C@@H]([C@@H]3CCCO3)C2)CCC1. The van der Waals surface area contributed by atoms with Crippen molar-refractivity contribution in [1.82, 2.24) is 4.90 Å². The van der Waals surface area contributed by atoms with Crippen LogP contribution in [0.15, 0.2) is 0 Å². The average molecular weight is 268 g/mol. The third kappa shape index (κ3) is 2.93. The van der Waals surface area contributed by atoms with Crippen LogP contribution in [0.3, 0.4) is 0 Å². The molecule has 0 aromatic rings. The molecule has 1 aliphatic carbocycles. The summed E-state index contributed by atoms with van der Waals surface area (Å²) in [4.78, 5) is 14.2. The first-order chi connectivity index (χ1) is 9.16. The number of ether oxygens (including phenoxy) is 2. The van der Waals surface area contributed by atoms with Crippen LogP contribution < -0.4 is 5.73 Å². The van der Waals surface area contributed by atoms with Crippen LogP contribution in [-0.2, 0) is 14.3 Å². The Morgan fingerprint density at radius 3 is 2.63 bits per heavy atom. The molecule has 2 atom stereocenters. The minimum absolute atomic E-state index is 0.0512. The Bertz CT molecular complexity index is 338. The standard InChI is InChI=1S/C14H24N2O3/c15-14(4-2-5-14)9-13(17)16-6-8-19-12(10-16)11-3-1-7-18-11/h11-12H,1-10,15H2/t11-,12+/m0/s1. The number of nitrogens with two attached hydrogens (primary N) is 1. The zero-order valence-corrected chi connectivity index (χ0v) is 11.5. The van der Waals surface area contributed by atoms with Crippen molar-refractivity contribution >= 4 is 5.91 Å². The first kappa shape index (κ1) is 13.3. The van der Waals surface area contributed by atoms with E-state index in [0.29, 0.717) is 26.1 Å². The normalized spacial score (nSPS) is 34.1. The highest BCUT2D eigenvalue weighted by molar-refractivity contribution is 5.77. The molecule has 2 heterocycles. The van der Waals surface area contributed by atoms with E-state index in [4.69, 9.17) is 15.2 Å². The van der Waals surface area contributed by atoms with Crippen LogP contribution in [0.25, 0.3) is 0 Å². The molecule has 0 unspecified atom stereocenters. The van der Waals surface area contributed by atoms with Crippen LogP contribution in [0.5, 0.6) is 0 Å². The Balaban J connectivity index is 1.53. The second-order valence-electron chi connectivity index (χ2n) is 6.19. The summed E-state index contributed by atoms with van der Waals surface area (Å²) >= 11 is 0. The van der Waals surface area contributed by atoms with Gasteiger partial charge in [0.25, 0.3) is 0 Å². The van der Waals surface area contributed by atoms with Crippen LogP contribution >= 0.6 is 0 Å². The van der Waals surface area contributed by atoms with Gasteiger partial charge in [-0.05, 0) is 32.1 Å². The van der Waals surface area contributed by atoms with E-state index < -0.39 is 0 Å². The molecule has 0 spiro atoms. The molecule has 3 rings (SSSR count). The summed E-state index contributed by atoms with van der Waals surface area (Å²) in [6, 6.07) is 0. The Morgan fingerprint density at radius 1 is 1.21 bits per heavy atom. The molecule has 0 radical (unpaired) electrons. The third-order valence-electron chi connectivity index (χ3n) is 4.68. The van der Waals surface area contributed by atoms with Crippen molar-refractivity contribution in [2.24, 2.45) is 5.73 Å². The van der Waals surface area contributed by atoms with E-state index in [1.807, 2.05) is 4.90 Å². The van der Waals surface area contributed by atoms with Gasteiger partial charge in [-0.1, -0.05) is 0 Å². The number of carbonyl (C=O) groups excluding carboxylic acids is 1. The van der Waals surface area contributed by atoms with E-state index in [9.17, 15) is 4.79 Å². The van der Waals surface area contributed by atoms with Crippen molar-refractivity contribution in [1.29, 1.82) is 0 Å². The monoisotopic (exact) mass is 268 g/mol. The van der Waals surface area contributed by atoms with Gasteiger partial charge in [-0.2, -0.15) is 0 Å². The number of rotatable bonds is 3. The number of morpholine rings is 1. The van der Waals surface area contributed by atoms with Gasteiger partial charge in [-0.25, -0.2) is 0 Å². The summed E-state index contributed by atoms with van der Waals surface area (Å²) < 4.78 is 11.4.